The van der Waals surface area contributed by atoms with Crippen LogP contribution in [0, 0.1) is 12.8 Å². The van der Waals surface area contributed by atoms with Gasteiger partial charge in [-0.3, -0.25) is 19.1 Å². The molecular formula is C25H36N16O9. The lowest BCUT2D eigenvalue weighted by molar-refractivity contribution is -0.199. The lowest BCUT2D eigenvalue weighted by atomic mass is 9.70. The first kappa shape index (κ1) is 37.9. The van der Waals surface area contributed by atoms with Crippen LogP contribution in [-0.2, 0) is 14.3 Å². The lowest BCUT2D eigenvalue weighted by Crippen LogP contribution is -2.67. The van der Waals surface area contributed by atoms with Crippen molar-refractivity contribution in [2.75, 3.05) is 19.6 Å². The first-order valence-corrected chi connectivity index (χ1v) is 15.5. The molecule has 25 heteroatoms. The van der Waals surface area contributed by atoms with Crippen LogP contribution in [-0.4, -0.2) is 122 Å². The number of H-pyrrole nitrogens is 1. The molecule has 1 amide bonds. The minimum Gasteiger partial charge on any atom is -0.391 e. The Balaban J connectivity index is 1.47. The fourth-order valence-corrected chi connectivity index (χ4v) is 6.59. The normalized spacial score (nSPS) is 35.0. The minimum atomic E-state index is -1.71. The number of aromatic nitrogens is 2. The maximum Gasteiger partial charge on any atom is 0.330 e. The summed E-state index contributed by atoms with van der Waals surface area (Å²) in [5.74, 6) is -1.74. The van der Waals surface area contributed by atoms with Crippen LogP contribution in [0.5, 0.6) is 0 Å². The molecule has 3 heterocycles. The molecule has 2 aliphatic heterocycles. The second kappa shape index (κ2) is 17.2. The van der Waals surface area contributed by atoms with Gasteiger partial charge in [0.05, 0.1) is 49.1 Å². The number of ether oxygens (including phenoxy) is 2. The van der Waals surface area contributed by atoms with E-state index < -0.39 is 103 Å². The summed E-state index contributed by atoms with van der Waals surface area (Å²) in [6.45, 7) is 1.15. The Labute approximate surface area is 280 Å². The van der Waals surface area contributed by atoms with Gasteiger partial charge >= 0.3 is 5.69 Å². The Kier molecular flexibility index (Phi) is 13.0. The number of azide groups is 4. The van der Waals surface area contributed by atoms with Crippen molar-refractivity contribution in [1.29, 1.82) is 0 Å². The number of amides is 1. The Morgan fingerprint density at radius 3 is 2.34 bits per heavy atom. The zero-order valence-electron chi connectivity index (χ0n) is 26.5. The highest BCUT2D eigenvalue weighted by Crippen LogP contribution is 2.39. The zero-order chi connectivity index (χ0) is 36.5. The molecule has 7 N–H and O–H groups in total. The highest BCUT2D eigenvalue weighted by atomic mass is 16.5. The van der Waals surface area contributed by atoms with E-state index in [0.717, 1.165) is 4.57 Å². The van der Waals surface area contributed by atoms with Crippen LogP contribution in [0.25, 0.3) is 41.8 Å². The number of aliphatic hydroxyl groups is 4. The summed E-state index contributed by atoms with van der Waals surface area (Å²) in [7, 11) is 0. The first-order chi connectivity index (χ1) is 24.0. The van der Waals surface area contributed by atoms with Gasteiger partial charge in [0, 0.05) is 62.4 Å². The van der Waals surface area contributed by atoms with Crippen LogP contribution in [0.15, 0.2) is 36.2 Å². The first-order valence-electron chi connectivity index (χ1n) is 15.5. The number of nitrogens with zero attached hydrogens (tertiary/aromatic N) is 13. The molecule has 3 fully saturated rings. The predicted molar refractivity (Wildman–Crippen MR) is 168 cm³/mol. The van der Waals surface area contributed by atoms with Crippen molar-refractivity contribution < 1.29 is 34.7 Å². The van der Waals surface area contributed by atoms with Crippen molar-refractivity contribution in [1.82, 2.24) is 20.2 Å². The predicted octanol–water partition coefficient (Wildman–Crippen LogP) is -0.825. The van der Waals surface area contributed by atoms with Gasteiger partial charge in [0.1, 0.15) is 12.3 Å². The molecule has 1 aromatic rings. The van der Waals surface area contributed by atoms with Gasteiger partial charge in [-0.15, -0.1) is 0 Å². The Bertz CT molecular complexity index is 1700. The van der Waals surface area contributed by atoms with Crippen molar-refractivity contribution in [3.63, 3.8) is 0 Å². The molecule has 0 aromatic carbocycles. The number of hydrogen-bond donors (Lipinski definition) is 7. The average Bonchev–Trinajstić information content (AvgIpc) is 3.47. The number of aliphatic hydroxyl groups excluding tert-OH is 4. The van der Waals surface area contributed by atoms with E-state index in [1.165, 1.54) is 13.1 Å². The van der Waals surface area contributed by atoms with Crippen molar-refractivity contribution in [3.05, 3.63) is 74.4 Å². The van der Waals surface area contributed by atoms with E-state index in [4.69, 9.17) is 20.5 Å². The topological polar surface area (TPSA) is 390 Å². The Morgan fingerprint density at radius 1 is 0.960 bits per heavy atom. The van der Waals surface area contributed by atoms with Gasteiger partial charge in [0.15, 0.2) is 6.10 Å². The maximum atomic E-state index is 12.9. The Morgan fingerprint density at radius 2 is 1.66 bits per heavy atom. The van der Waals surface area contributed by atoms with Gasteiger partial charge in [0.2, 0.25) is 0 Å². The number of aryl methyl sites for hydroxylation is 1. The molecule has 13 atom stereocenters. The molecule has 270 valence electrons. The number of carbonyl (C=O) groups is 1. The van der Waals surface area contributed by atoms with E-state index >= 15 is 0 Å². The summed E-state index contributed by atoms with van der Waals surface area (Å²) in [6, 6.07) is -4.71. The van der Waals surface area contributed by atoms with Gasteiger partial charge in [-0.1, -0.05) is 20.5 Å². The van der Waals surface area contributed by atoms with Crippen LogP contribution in [0.2, 0.25) is 0 Å². The van der Waals surface area contributed by atoms with E-state index in [1.807, 2.05) is 0 Å². The number of carbonyl (C=O) groups excluding carboxylic acids is 1. The molecule has 3 aliphatic rings. The third-order valence-corrected chi connectivity index (χ3v) is 8.99. The molecule has 2 saturated heterocycles. The van der Waals surface area contributed by atoms with Crippen LogP contribution in [0.3, 0.4) is 0 Å². The standard InChI is InChI=1S/C25H36N16O9/c1-9-8-41(25(48)33-23(9)46)14-6-12(42)21(50-14)24(47)31-4-2-3-30-16-15(10(34-38-27)5-11(18(16)43)35-39-28)22-17(36-40-29)20(45)19(44)13(49-22)7-32-37-26/h8,10-22,30,42-45H,2-7H2,1H3,(H,31,47)(H,33,46,48)/t10-,11+,12-,13+,14+,15+,16+,17+,18-,19+,20+,21-,22+/m0/s1. The highest BCUT2D eigenvalue weighted by molar-refractivity contribution is 5.81. The molecule has 1 saturated carbocycles. The summed E-state index contributed by atoms with van der Waals surface area (Å²) in [5.41, 5.74) is 35.4. The molecule has 0 bridgehead atoms. The smallest absolute Gasteiger partial charge is 0.330 e. The van der Waals surface area contributed by atoms with Crippen molar-refractivity contribution >= 4 is 5.91 Å². The lowest BCUT2D eigenvalue weighted by Gasteiger charge is -2.51. The summed E-state index contributed by atoms with van der Waals surface area (Å²) in [4.78, 5) is 50.0. The van der Waals surface area contributed by atoms with Gasteiger partial charge in [-0.25, -0.2) is 4.79 Å². The number of nitrogens with one attached hydrogen (secondary N) is 3. The van der Waals surface area contributed by atoms with E-state index in [2.05, 4.69) is 55.7 Å². The van der Waals surface area contributed by atoms with Gasteiger partial charge in [-0.2, -0.15) is 0 Å². The Hall–Kier alpha value is -4.89. The van der Waals surface area contributed by atoms with Crippen LogP contribution < -0.4 is 21.9 Å². The molecular weight excluding hydrogens is 668 g/mol. The molecule has 1 aromatic heterocycles. The number of aromatic amines is 1. The summed E-state index contributed by atoms with van der Waals surface area (Å²) >= 11 is 0. The van der Waals surface area contributed by atoms with Gasteiger partial charge < -0.3 is 40.5 Å². The summed E-state index contributed by atoms with van der Waals surface area (Å²) in [5, 5.41) is 63.4. The van der Waals surface area contributed by atoms with Gasteiger partial charge in [0.25, 0.3) is 11.5 Å². The molecule has 4 rings (SSSR count). The van der Waals surface area contributed by atoms with Crippen LogP contribution in [0.1, 0.15) is 31.1 Å². The van der Waals surface area contributed by atoms with Crippen molar-refractivity contribution in [2.24, 2.45) is 26.4 Å². The molecule has 0 spiro atoms. The molecule has 25 nitrogen and oxygen atoms in total. The minimum absolute atomic E-state index is 0.0221. The highest BCUT2D eigenvalue weighted by Gasteiger charge is 2.54. The summed E-state index contributed by atoms with van der Waals surface area (Å²) in [6.07, 6.45) is -9.74. The third-order valence-electron chi connectivity index (χ3n) is 8.99. The fourth-order valence-electron chi connectivity index (χ4n) is 6.59. The quantitative estimate of drug-likeness (QED) is 0.0578. The monoisotopic (exact) mass is 704 g/mol. The van der Waals surface area contributed by atoms with E-state index in [1.54, 1.807) is 0 Å². The van der Waals surface area contributed by atoms with E-state index in [0.29, 0.717) is 0 Å². The van der Waals surface area contributed by atoms with Crippen molar-refractivity contribution in [3.8, 4) is 0 Å². The third kappa shape index (κ3) is 8.28. The zero-order valence-corrected chi connectivity index (χ0v) is 26.5. The van der Waals surface area contributed by atoms with Gasteiger partial charge in [-0.05, 0) is 48.4 Å². The fraction of sp³-hybridized carbons (Fsp3) is 0.800. The molecule has 0 radical (unpaired) electrons. The second-order valence-corrected chi connectivity index (χ2v) is 12.0. The maximum absolute atomic E-state index is 12.9. The number of rotatable bonds is 13. The van der Waals surface area contributed by atoms with E-state index in [9.17, 15) is 45.9 Å². The molecule has 50 heavy (non-hydrogen) atoms. The SMILES string of the molecule is Cc1cn([C@H]2C[C@H](O)[C@@H](C(=O)NCCCN[C@H]3[C@@H](O)[C@H](N=[N+]=[N-])C[C@H](N=[N+]=[N-])[C@H]3[C@H]3O[C@H](CN=[N+]=[N-])[C@@H](O)[C@H](O)[C@H]3N=[N+]=[N-])O2)c(=O)[nH]c1=O. The average molecular weight is 705 g/mol. The largest absolute Gasteiger partial charge is 0.391 e. The van der Waals surface area contributed by atoms with E-state index in [-0.39, 0.29) is 37.9 Å². The van der Waals surface area contributed by atoms with Crippen molar-refractivity contribution in [2.45, 2.75) is 99.3 Å². The van der Waals surface area contributed by atoms with Crippen LogP contribution in [0.4, 0.5) is 0 Å². The molecule has 1 aliphatic carbocycles. The second-order valence-electron chi connectivity index (χ2n) is 12.0. The van der Waals surface area contributed by atoms with Crippen LogP contribution >= 0.6 is 0 Å². The number of hydrogen-bond acceptors (Lipinski definition) is 14. The molecule has 0 unspecified atom stereocenters. The summed E-state index contributed by atoms with van der Waals surface area (Å²) < 4.78 is 12.7.